The highest BCUT2D eigenvalue weighted by atomic mass is 35.5. The van der Waals surface area contributed by atoms with Gasteiger partial charge in [-0.3, -0.25) is 4.79 Å². The predicted octanol–water partition coefficient (Wildman–Crippen LogP) is 4.90. The number of aryl methyl sites for hydroxylation is 1. The van der Waals surface area contributed by atoms with Crippen molar-refractivity contribution >= 4 is 17.5 Å². The Morgan fingerprint density at radius 3 is 2.59 bits per heavy atom. The van der Waals surface area contributed by atoms with E-state index in [0.29, 0.717) is 28.1 Å². The molecule has 0 aliphatic heterocycles. The number of hydrogen-bond donors (Lipinski definition) is 0. The third-order valence-electron chi connectivity index (χ3n) is 4.43. The van der Waals surface area contributed by atoms with E-state index in [1.54, 1.807) is 17.9 Å². The van der Waals surface area contributed by atoms with Crippen molar-refractivity contribution in [1.82, 2.24) is 15.1 Å². The minimum atomic E-state index is -0.648. The van der Waals surface area contributed by atoms with E-state index in [1.807, 2.05) is 63.2 Å². The van der Waals surface area contributed by atoms with Gasteiger partial charge in [-0.15, -0.1) is 10.2 Å². The number of ether oxygens (including phenoxy) is 1. The van der Waals surface area contributed by atoms with Crippen molar-refractivity contribution in [3.8, 4) is 17.2 Å². The van der Waals surface area contributed by atoms with Gasteiger partial charge in [0.1, 0.15) is 5.75 Å². The van der Waals surface area contributed by atoms with Crippen LogP contribution in [0.25, 0.3) is 11.5 Å². The molecule has 0 aliphatic rings. The standard InChI is InChI=1S/C22H24ClN3O3/c1-14(2)26(22(27)16(4)28-17-9-7-8-15(3)12-17)13-20-24-25-21(29-20)18-10-5-6-11-19(18)23/h5-12,14,16H,13H2,1-4H3. The fourth-order valence-electron chi connectivity index (χ4n) is 2.90. The number of carbonyl (C=O) groups excluding carboxylic acids is 1. The van der Waals surface area contributed by atoms with Gasteiger partial charge in [-0.25, -0.2) is 0 Å². The van der Waals surface area contributed by atoms with Crippen molar-refractivity contribution in [2.75, 3.05) is 0 Å². The van der Waals surface area contributed by atoms with Crippen LogP contribution in [0.4, 0.5) is 0 Å². The molecule has 29 heavy (non-hydrogen) atoms. The first-order valence-electron chi connectivity index (χ1n) is 9.46. The first-order chi connectivity index (χ1) is 13.8. The molecule has 0 saturated heterocycles. The molecule has 0 N–H and O–H groups in total. The van der Waals surface area contributed by atoms with Gasteiger partial charge in [0, 0.05) is 6.04 Å². The molecule has 0 aliphatic carbocycles. The molecule has 0 saturated carbocycles. The number of hydrogen-bond acceptors (Lipinski definition) is 5. The van der Waals surface area contributed by atoms with E-state index in [9.17, 15) is 4.79 Å². The first-order valence-corrected chi connectivity index (χ1v) is 9.84. The van der Waals surface area contributed by atoms with Gasteiger partial charge >= 0.3 is 0 Å². The fraction of sp³-hybridized carbons (Fsp3) is 0.318. The lowest BCUT2D eigenvalue weighted by Crippen LogP contribution is -2.43. The van der Waals surface area contributed by atoms with Crippen LogP contribution in [0.1, 0.15) is 32.2 Å². The maximum Gasteiger partial charge on any atom is 0.264 e. The summed E-state index contributed by atoms with van der Waals surface area (Å²) in [4.78, 5) is 14.7. The zero-order chi connectivity index (χ0) is 21.0. The Morgan fingerprint density at radius 2 is 1.90 bits per heavy atom. The van der Waals surface area contributed by atoms with E-state index in [1.165, 1.54) is 0 Å². The first kappa shape index (κ1) is 20.9. The van der Waals surface area contributed by atoms with Gasteiger partial charge in [0.05, 0.1) is 17.1 Å². The topological polar surface area (TPSA) is 68.5 Å². The zero-order valence-corrected chi connectivity index (χ0v) is 17.7. The normalized spacial score (nSPS) is 12.1. The largest absolute Gasteiger partial charge is 0.481 e. The summed E-state index contributed by atoms with van der Waals surface area (Å²) in [6.45, 7) is 7.77. The van der Waals surface area contributed by atoms with E-state index >= 15 is 0 Å². The molecule has 3 aromatic rings. The fourth-order valence-corrected chi connectivity index (χ4v) is 3.11. The van der Waals surface area contributed by atoms with Crippen LogP contribution in [0.15, 0.2) is 52.9 Å². The van der Waals surface area contributed by atoms with Gasteiger partial charge in [-0.1, -0.05) is 35.9 Å². The van der Waals surface area contributed by atoms with Crippen molar-refractivity contribution < 1.29 is 13.9 Å². The van der Waals surface area contributed by atoms with Gasteiger partial charge in [-0.05, 0) is 57.5 Å². The molecule has 0 spiro atoms. The molecule has 1 unspecified atom stereocenters. The number of carbonyl (C=O) groups is 1. The summed E-state index contributed by atoms with van der Waals surface area (Å²) in [5.74, 6) is 1.17. The minimum absolute atomic E-state index is 0.0678. The van der Waals surface area contributed by atoms with E-state index in [4.69, 9.17) is 20.8 Å². The third kappa shape index (κ3) is 5.15. The molecule has 6 nitrogen and oxygen atoms in total. The lowest BCUT2D eigenvalue weighted by molar-refractivity contribution is -0.140. The van der Waals surface area contributed by atoms with Crippen LogP contribution in [0, 0.1) is 6.92 Å². The predicted molar refractivity (Wildman–Crippen MR) is 112 cm³/mol. The third-order valence-corrected chi connectivity index (χ3v) is 4.76. The lowest BCUT2D eigenvalue weighted by Gasteiger charge is -2.28. The van der Waals surface area contributed by atoms with Crippen molar-refractivity contribution in [1.29, 1.82) is 0 Å². The monoisotopic (exact) mass is 413 g/mol. The van der Waals surface area contributed by atoms with Crippen LogP contribution in [0.5, 0.6) is 5.75 Å². The summed E-state index contributed by atoms with van der Waals surface area (Å²) in [7, 11) is 0. The van der Waals surface area contributed by atoms with Gasteiger partial charge in [0.2, 0.25) is 11.8 Å². The van der Waals surface area contributed by atoms with Crippen LogP contribution in [0.3, 0.4) is 0 Å². The quantitative estimate of drug-likeness (QED) is 0.550. The van der Waals surface area contributed by atoms with Gasteiger partial charge in [-0.2, -0.15) is 0 Å². The van der Waals surface area contributed by atoms with E-state index in [2.05, 4.69) is 10.2 Å². The molecule has 1 aromatic heterocycles. The average molecular weight is 414 g/mol. The van der Waals surface area contributed by atoms with Crippen LogP contribution < -0.4 is 4.74 Å². The van der Waals surface area contributed by atoms with E-state index < -0.39 is 6.10 Å². The summed E-state index contributed by atoms with van der Waals surface area (Å²) >= 11 is 6.20. The second-order valence-electron chi connectivity index (χ2n) is 7.12. The zero-order valence-electron chi connectivity index (χ0n) is 16.9. The number of halogens is 1. The Kier molecular flexibility index (Phi) is 6.54. The molecule has 0 bridgehead atoms. The van der Waals surface area contributed by atoms with Crippen LogP contribution in [-0.4, -0.2) is 33.2 Å². The molecule has 152 valence electrons. The highest BCUT2D eigenvalue weighted by molar-refractivity contribution is 6.33. The summed E-state index contributed by atoms with van der Waals surface area (Å²) in [5, 5.41) is 8.68. The summed E-state index contributed by atoms with van der Waals surface area (Å²) < 4.78 is 11.6. The Hall–Kier alpha value is -2.86. The van der Waals surface area contributed by atoms with Crippen molar-refractivity contribution in [3.05, 3.63) is 65.0 Å². The Balaban J connectivity index is 1.73. The SMILES string of the molecule is Cc1cccc(OC(C)C(=O)N(Cc2nnc(-c3ccccc3Cl)o2)C(C)C)c1. The average Bonchev–Trinajstić information content (AvgIpc) is 3.14. The van der Waals surface area contributed by atoms with Gasteiger partial charge in [0.15, 0.2) is 6.10 Å². The summed E-state index contributed by atoms with van der Waals surface area (Å²) in [6.07, 6.45) is -0.648. The number of nitrogens with zero attached hydrogens (tertiary/aromatic N) is 3. The number of rotatable bonds is 7. The van der Waals surface area contributed by atoms with Crippen LogP contribution >= 0.6 is 11.6 Å². The molecule has 3 rings (SSSR count). The lowest BCUT2D eigenvalue weighted by atomic mass is 10.2. The molecule has 0 radical (unpaired) electrons. The smallest absolute Gasteiger partial charge is 0.264 e. The van der Waals surface area contributed by atoms with Crippen LogP contribution in [0.2, 0.25) is 5.02 Å². The van der Waals surface area contributed by atoms with Crippen LogP contribution in [-0.2, 0) is 11.3 Å². The Bertz CT molecular complexity index is 987. The van der Waals surface area contributed by atoms with E-state index in [-0.39, 0.29) is 18.5 Å². The second kappa shape index (κ2) is 9.09. The molecule has 1 atom stereocenters. The number of amides is 1. The molecule has 1 heterocycles. The molecule has 7 heteroatoms. The Morgan fingerprint density at radius 1 is 1.14 bits per heavy atom. The van der Waals surface area contributed by atoms with Gasteiger partial charge in [0.25, 0.3) is 5.91 Å². The summed E-state index contributed by atoms with van der Waals surface area (Å²) in [6, 6.07) is 14.8. The second-order valence-corrected chi connectivity index (χ2v) is 7.52. The van der Waals surface area contributed by atoms with Crippen molar-refractivity contribution in [2.45, 2.75) is 46.4 Å². The Labute approximate surface area is 175 Å². The minimum Gasteiger partial charge on any atom is -0.481 e. The molecular weight excluding hydrogens is 390 g/mol. The van der Waals surface area contributed by atoms with Crippen molar-refractivity contribution in [3.63, 3.8) is 0 Å². The molecular formula is C22H24ClN3O3. The van der Waals surface area contributed by atoms with Crippen molar-refractivity contribution in [2.24, 2.45) is 0 Å². The highest BCUT2D eigenvalue weighted by Gasteiger charge is 2.26. The summed E-state index contributed by atoms with van der Waals surface area (Å²) in [5.41, 5.74) is 1.73. The maximum atomic E-state index is 13.0. The highest BCUT2D eigenvalue weighted by Crippen LogP contribution is 2.26. The number of benzene rings is 2. The molecule has 1 amide bonds. The van der Waals surface area contributed by atoms with E-state index in [0.717, 1.165) is 5.56 Å². The van der Waals surface area contributed by atoms with Gasteiger partial charge < -0.3 is 14.1 Å². The molecule has 2 aromatic carbocycles. The molecule has 0 fully saturated rings. The maximum absolute atomic E-state index is 13.0. The number of aromatic nitrogens is 2.